The number of hydrogen-bond donors (Lipinski definition) is 1. The van der Waals surface area contributed by atoms with E-state index in [9.17, 15) is 13.5 Å². The molecule has 0 aromatic rings. The average molecular weight is 236 g/mol. The zero-order chi connectivity index (χ0) is 11.1. The molecule has 0 aliphatic carbocycles. The molecular weight excluding hydrogens is 218 g/mol. The summed E-state index contributed by atoms with van der Waals surface area (Å²) in [6.45, 7) is 2.88. The molecule has 0 aromatic heterocycles. The van der Waals surface area contributed by atoms with E-state index in [4.69, 9.17) is 4.74 Å². The highest BCUT2D eigenvalue weighted by Gasteiger charge is 2.48. The van der Waals surface area contributed by atoms with E-state index in [1.54, 1.807) is 0 Å². The first-order chi connectivity index (χ1) is 6.93. The molecule has 0 amide bonds. The smallest absolute Gasteiger partial charge is 0.159 e. The predicted molar refractivity (Wildman–Crippen MR) is 55.2 cm³/mol. The Kier molecular flexibility index (Phi) is 2.79. The lowest BCUT2D eigenvalue weighted by atomic mass is 10.1. The van der Waals surface area contributed by atoms with E-state index in [1.165, 1.54) is 0 Å². The molecule has 2 fully saturated rings. The van der Waals surface area contributed by atoms with Gasteiger partial charge in [-0.2, -0.15) is 0 Å². The van der Waals surface area contributed by atoms with Crippen molar-refractivity contribution in [2.75, 3.05) is 44.9 Å². The van der Waals surface area contributed by atoms with E-state index < -0.39 is 15.9 Å². The number of rotatable bonds is 1. The molecule has 2 atom stereocenters. The lowest BCUT2D eigenvalue weighted by molar-refractivity contribution is -0.940. The van der Waals surface area contributed by atoms with Gasteiger partial charge in [0.15, 0.2) is 9.84 Å². The molecule has 5 nitrogen and oxygen atoms in total. The Balaban J connectivity index is 2.16. The van der Waals surface area contributed by atoms with Crippen LogP contribution in [0.15, 0.2) is 0 Å². The molecule has 0 saturated carbocycles. The molecule has 15 heavy (non-hydrogen) atoms. The molecule has 2 heterocycles. The van der Waals surface area contributed by atoms with E-state index >= 15 is 0 Å². The van der Waals surface area contributed by atoms with Gasteiger partial charge in [-0.15, -0.1) is 0 Å². The number of aliphatic hydroxyl groups is 1. The first kappa shape index (κ1) is 11.3. The van der Waals surface area contributed by atoms with Gasteiger partial charge in [-0.3, -0.25) is 0 Å². The summed E-state index contributed by atoms with van der Waals surface area (Å²) in [7, 11) is -1.03. The maximum absolute atomic E-state index is 11.4. The molecule has 2 rings (SSSR count). The first-order valence-electron chi connectivity index (χ1n) is 5.23. The summed E-state index contributed by atoms with van der Waals surface area (Å²) in [6.07, 6.45) is -0.710. The fraction of sp³-hybridized carbons (Fsp3) is 1.00. The number of quaternary nitrogens is 1. The minimum absolute atomic E-state index is 0.0770. The molecule has 1 N–H and O–H groups in total. The summed E-state index contributed by atoms with van der Waals surface area (Å²) in [6, 6.07) is -0.168. The summed E-state index contributed by atoms with van der Waals surface area (Å²) in [5.41, 5.74) is 0. The third-order valence-corrected chi connectivity index (χ3v) is 5.29. The van der Waals surface area contributed by atoms with Gasteiger partial charge in [0.05, 0.1) is 26.0 Å². The monoisotopic (exact) mass is 236 g/mol. The summed E-state index contributed by atoms with van der Waals surface area (Å²) < 4.78 is 28.8. The van der Waals surface area contributed by atoms with Gasteiger partial charge in [-0.05, 0) is 0 Å². The van der Waals surface area contributed by atoms with E-state index in [1.807, 2.05) is 7.05 Å². The molecule has 2 unspecified atom stereocenters. The number of aliphatic hydroxyl groups excluding tert-OH is 1. The van der Waals surface area contributed by atoms with Crippen molar-refractivity contribution in [2.45, 2.75) is 12.1 Å². The second-order valence-corrected chi connectivity index (χ2v) is 6.90. The summed E-state index contributed by atoms with van der Waals surface area (Å²) in [5.74, 6) is 0.0387. The molecule has 2 aliphatic rings. The van der Waals surface area contributed by atoms with Crippen molar-refractivity contribution in [3.8, 4) is 0 Å². The van der Waals surface area contributed by atoms with Crippen molar-refractivity contribution < 1.29 is 22.7 Å². The molecule has 88 valence electrons. The van der Waals surface area contributed by atoms with Gasteiger partial charge in [0.1, 0.15) is 31.0 Å². The zero-order valence-corrected chi connectivity index (χ0v) is 9.74. The summed E-state index contributed by atoms with van der Waals surface area (Å²) >= 11 is 0. The van der Waals surface area contributed by atoms with Gasteiger partial charge in [-0.1, -0.05) is 0 Å². The molecule has 6 heteroatoms. The number of sulfone groups is 1. The normalized spacial score (nSPS) is 39.1. The van der Waals surface area contributed by atoms with Crippen LogP contribution in [0.1, 0.15) is 0 Å². The topological polar surface area (TPSA) is 63.6 Å². The molecule has 2 saturated heterocycles. The molecule has 0 spiro atoms. The predicted octanol–water partition coefficient (Wildman–Crippen LogP) is -1.38. The maximum Gasteiger partial charge on any atom is 0.159 e. The van der Waals surface area contributed by atoms with Crippen LogP contribution in [0.5, 0.6) is 0 Å². The van der Waals surface area contributed by atoms with E-state index in [0.29, 0.717) is 17.7 Å². The van der Waals surface area contributed by atoms with Crippen molar-refractivity contribution >= 4 is 9.84 Å². The second kappa shape index (κ2) is 3.69. The minimum Gasteiger partial charge on any atom is -0.386 e. The first-order valence-corrected chi connectivity index (χ1v) is 7.06. The largest absolute Gasteiger partial charge is 0.386 e. The van der Waals surface area contributed by atoms with Crippen LogP contribution < -0.4 is 0 Å². The van der Waals surface area contributed by atoms with Crippen LogP contribution in [0.25, 0.3) is 0 Å². The van der Waals surface area contributed by atoms with Crippen molar-refractivity contribution in [2.24, 2.45) is 0 Å². The Morgan fingerprint density at radius 2 is 1.87 bits per heavy atom. The minimum atomic E-state index is -3.04. The number of hydrogen-bond acceptors (Lipinski definition) is 4. The molecule has 0 radical (unpaired) electrons. The maximum atomic E-state index is 11.4. The van der Waals surface area contributed by atoms with Crippen LogP contribution in [0.4, 0.5) is 0 Å². The third kappa shape index (κ3) is 2.18. The van der Waals surface area contributed by atoms with E-state index in [0.717, 1.165) is 13.1 Å². The Labute approximate surface area is 90.2 Å². The Bertz CT molecular complexity index is 334. The Morgan fingerprint density at radius 3 is 2.33 bits per heavy atom. The van der Waals surface area contributed by atoms with Crippen LogP contribution in [-0.2, 0) is 14.6 Å². The van der Waals surface area contributed by atoms with Crippen molar-refractivity contribution in [3.05, 3.63) is 0 Å². The molecule has 2 aliphatic heterocycles. The number of likely N-dealkylation sites (N-methyl/N-ethyl adjacent to an activating group) is 1. The molecule has 0 aromatic carbocycles. The number of nitrogens with zero attached hydrogens (tertiary/aromatic N) is 1. The van der Waals surface area contributed by atoms with Crippen molar-refractivity contribution in [3.63, 3.8) is 0 Å². The van der Waals surface area contributed by atoms with Gasteiger partial charge in [0.2, 0.25) is 0 Å². The van der Waals surface area contributed by atoms with Crippen LogP contribution in [0.2, 0.25) is 0 Å². The number of morpholine rings is 1. The van der Waals surface area contributed by atoms with Crippen molar-refractivity contribution in [1.82, 2.24) is 0 Å². The summed E-state index contributed by atoms with van der Waals surface area (Å²) in [5, 5.41) is 9.81. The standard InChI is InChI=1S/C9H18NO4S/c1-10(2-4-14-5-3-10)8-6-15(12,13)7-9(8)11/h8-9,11H,2-7H2,1H3/q+1. The van der Waals surface area contributed by atoms with Gasteiger partial charge in [-0.25, -0.2) is 8.42 Å². The highest BCUT2D eigenvalue weighted by atomic mass is 32.2. The van der Waals surface area contributed by atoms with Gasteiger partial charge in [0.25, 0.3) is 0 Å². The summed E-state index contributed by atoms with van der Waals surface area (Å²) in [4.78, 5) is 0. The lowest BCUT2D eigenvalue weighted by Crippen LogP contribution is -2.61. The van der Waals surface area contributed by atoms with Gasteiger partial charge >= 0.3 is 0 Å². The molecular formula is C9H18NO4S+. The Hall–Kier alpha value is -0.170. The van der Waals surface area contributed by atoms with Crippen LogP contribution in [0, 0.1) is 0 Å². The second-order valence-electron chi connectivity index (χ2n) is 4.75. The highest BCUT2D eigenvalue weighted by molar-refractivity contribution is 7.91. The van der Waals surface area contributed by atoms with E-state index in [-0.39, 0.29) is 17.5 Å². The fourth-order valence-electron chi connectivity index (χ4n) is 2.50. The van der Waals surface area contributed by atoms with Crippen molar-refractivity contribution in [1.29, 1.82) is 0 Å². The van der Waals surface area contributed by atoms with Crippen LogP contribution in [0.3, 0.4) is 0 Å². The van der Waals surface area contributed by atoms with Crippen LogP contribution >= 0.6 is 0 Å². The SMILES string of the molecule is C[N+]1(C2CS(=O)(=O)CC2O)CCOCC1. The van der Waals surface area contributed by atoms with Gasteiger partial charge < -0.3 is 14.3 Å². The van der Waals surface area contributed by atoms with E-state index in [2.05, 4.69) is 0 Å². The zero-order valence-electron chi connectivity index (χ0n) is 8.92. The third-order valence-electron chi connectivity index (χ3n) is 3.59. The number of ether oxygens (including phenoxy) is 1. The molecule has 0 bridgehead atoms. The average Bonchev–Trinajstić information content (AvgIpc) is 2.42. The Morgan fingerprint density at radius 1 is 1.27 bits per heavy atom. The quantitative estimate of drug-likeness (QED) is 0.570. The highest BCUT2D eigenvalue weighted by Crippen LogP contribution is 2.24. The van der Waals surface area contributed by atoms with Crippen LogP contribution in [-0.4, -0.2) is 75.0 Å². The lowest BCUT2D eigenvalue weighted by Gasteiger charge is -2.43. The van der Waals surface area contributed by atoms with Gasteiger partial charge in [0, 0.05) is 0 Å². The fourth-order valence-corrected chi connectivity index (χ4v) is 4.48.